The molecule has 0 aromatic heterocycles. The van der Waals surface area contributed by atoms with Gasteiger partial charge >= 0.3 is 12.1 Å². The van der Waals surface area contributed by atoms with Gasteiger partial charge in [0.05, 0.1) is 0 Å². The van der Waals surface area contributed by atoms with Gasteiger partial charge in [-0.15, -0.1) is 0 Å². The molecule has 0 aromatic rings. The van der Waals surface area contributed by atoms with E-state index in [0.717, 1.165) is 6.92 Å². The molecule has 0 fully saturated rings. The number of alkyl halides is 4. The summed E-state index contributed by atoms with van der Waals surface area (Å²) in [5, 5.41) is 0. The van der Waals surface area contributed by atoms with Gasteiger partial charge in [-0.25, -0.2) is 9.18 Å². The molecule has 0 spiro atoms. The molecule has 6 heteroatoms. The highest BCUT2D eigenvalue weighted by Crippen LogP contribution is 2.25. The summed E-state index contributed by atoms with van der Waals surface area (Å²) in [4.78, 5) is 10.9. The lowest BCUT2D eigenvalue weighted by Crippen LogP contribution is -2.38. The van der Waals surface area contributed by atoms with Crippen LogP contribution in [0.4, 0.5) is 17.6 Å². The number of rotatable bonds is 3. The van der Waals surface area contributed by atoms with Crippen molar-refractivity contribution in [3.63, 3.8) is 0 Å². The lowest BCUT2D eigenvalue weighted by Gasteiger charge is -2.21. The summed E-state index contributed by atoms with van der Waals surface area (Å²) in [6.45, 7) is 2.89. The van der Waals surface area contributed by atoms with Crippen molar-refractivity contribution in [2.75, 3.05) is 0 Å². The summed E-state index contributed by atoms with van der Waals surface area (Å²) in [6, 6.07) is 0. The summed E-state index contributed by atoms with van der Waals surface area (Å²) in [7, 11) is 0. The highest BCUT2D eigenvalue weighted by Gasteiger charge is 2.42. The molecule has 0 heterocycles. The van der Waals surface area contributed by atoms with Crippen LogP contribution in [-0.2, 0) is 9.53 Å². The number of halogens is 4. The van der Waals surface area contributed by atoms with Crippen molar-refractivity contribution in [2.45, 2.75) is 45.1 Å². The Balaban J connectivity index is 4.35. The Morgan fingerprint density at radius 3 is 2.07 bits per heavy atom. The van der Waals surface area contributed by atoms with E-state index in [2.05, 4.69) is 4.74 Å². The minimum Gasteiger partial charge on any atom is -0.451 e. The normalized spacial score (nSPS) is 18.5. The maximum absolute atomic E-state index is 13.1. The minimum atomic E-state index is -4.65. The zero-order chi connectivity index (χ0) is 11.6. The third kappa shape index (κ3) is 3.51. The van der Waals surface area contributed by atoms with Crippen molar-refractivity contribution in [1.82, 2.24) is 0 Å². The Labute approximate surface area is 79.2 Å². The molecule has 0 amide bonds. The number of carbonyl (C=O) groups excluding carboxylic acids is 1. The molecule has 0 aliphatic rings. The first-order valence-electron chi connectivity index (χ1n) is 4.08. The lowest BCUT2D eigenvalue weighted by molar-refractivity contribution is -0.222. The molecule has 14 heavy (non-hydrogen) atoms. The van der Waals surface area contributed by atoms with E-state index in [1.807, 2.05) is 0 Å². The van der Waals surface area contributed by atoms with E-state index in [0.29, 0.717) is 6.92 Å². The van der Waals surface area contributed by atoms with Gasteiger partial charge in [-0.05, 0) is 20.3 Å². The molecule has 2 nitrogen and oxygen atoms in total. The standard InChI is InChI=1S/C8H12F4O2/c1-4-7(3,9)6(13)14-5(2)8(10,11)12/h5H,4H2,1-3H3. The Morgan fingerprint density at radius 2 is 1.79 bits per heavy atom. The number of ether oxygens (including phenoxy) is 1. The van der Waals surface area contributed by atoms with Crippen molar-refractivity contribution in [3.8, 4) is 0 Å². The van der Waals surface area contributed by atoms with Crippen LogP contribution in [0, 0.1) is 0 Å². The van der Waals surface area contributed by atoms with Crippen molar-refractivity contribution in [3.05, 3.63) is 0 Å². The zero-order valence-electron chi connectivity index (χ0n) is 8.11. The van der Waals surface area contributed by atoms with Crippen molar-refractivity contribution in [2.24, 2.45) is 0 Å². The Morgan fingerprint density at radius 1 is 1.36 bits per heavy atom. The molecular formula is C8H12F4O2. The van der Waals surface area contributed by atoms with Crippen molar-refractivity contribution < 1.29 is 27.1 Å². The van der Waals surface area contributed by atoms with Crippen LogP contribution in [0.1, 0.15) is 27.2 Å². The topological polar surface area (TPSA) is 26.3 Å². The van der Waals surface area contributed by atoms with Gasteiger partial charge in [0.15, 0.2) is 6.10 Å². The van der Waals surface area contributed by atoms with Gasteiger partial charge in [-0.3, -0.25) is 0 Å². The lowest BCUT2D eigenvalue weighted by atomic mass is 10.1. The third-order valence-electron chi connectivity index (χ3n) is 1.83. The van der Waals surface area contributed by atoms with Crippen LogP contribution in [0.25, 0.3) is 0 Å². The van der Waals surface area contributed by atoms with E-state index in [1.54, 1.807) is 0 Å². The molecule has 2 unspecified atom stereocenters. The fraction of sp³-hybridized carbons (Fsp3) is 0.875. The number of esters is 1. The molecule has 0 radical (unpaired) electrons. The first kappa shape index (κ1) is 13.2. The molecule has 84 valence electrons. The van der Waals surface area contributed by atoms with Crippen molar-refractivity contribution in [1.29, 1.82) is 0 Å². The molecule has 0 saturated heterocycles. The maximum Gasteiger partial charge on any atom is 0.425 e. The van der Waals surface area contributed by atoms with Gasteiger partial charge in [0.1, 0.15) is 0 Å². The molecule has 0 saturated carbocycles. The maximum atomic E-state index is 13.1. The minimum absolute atomic E-state index is 0.226. The van der Waals surface area contributed by atoms with Crippen LogP contribution in [0.5, 0.6) is 0 Å². The fourth-order valence-corrected chi connectivity index (χ4v) is 0.495. The third-order valence-corrected chi connectivity index (χ3v) is 1.83. The van der Waals surface area contributed by atoms with Crippen LogP contribution in [-0.4, -0.2) is 23.9 Å². The van der Waals surface area contributed by atoms with E-state index in [-0.39, 0.29) is 6.42 Å². The summed E-state index contributed by atoms with van der Waals surface area (Å²) in [5.41, 5.74) is -2.36. The molecule has 0 bridgehead atoms. The molecule has 0 rings (SSSR count). The van der Waals surface area contributed by atoms with Crippen LogP contribution in [0.2, 0.25) is 0 Å². The van der Waals surface area contributed by atoms with E-state index >= 15 is 0 Å². The number of hydrogen-bond acceptors (Lipinski definition) is 2. The first-order valence-corrected chi connectivity index (χ1v) is 4.08. The predicted molar refractivity (Wildman–Crippen MR) is 41.4 cm³/mol. The first-order chi connectivity index (χ1) is 6.11. The summed E-state index contributed by atoms with van der Waals surface area (Å²) in [5.74, 6) is -1.48. The smallest absolute Gasteiger partial charge is 0.425 e. The fourth-order valence-electron chi connectivity index (χ4n) is 0.495. The Hall–Kier alpha value is -0.810. The highest BCUT2D eigenvalue weighted by molar-refractivity contribution is 5.78. The summed E-state index contributed by atoms with van der Waals surface area (Å²) >= 11 is 0. The quantitative estimate of drug-likeness (QED) is 0.535. The number of hydrogen-bond donors (Lipinski definition) is 0. The molecule has 2 atom stereocenters. The largest absolute Gasteiger partial charge is 0.451 e. The predicted octanol–water partition coefficient (Wildman–Crippen LogP) is 2.62. The molecule has 0 N–H and O–H groups in total. The van der Waals surface area contributed by atoms with E-state index in [9.17, 15) is 22.4 Å². The Kier molecular flexibility index (Phi) is 3.91. The molecule has 0 aliphatic heterocycles. The average molecular weight is 216 g/mol. The van der Waals surface area contributed by atoms with Gasteiger partial charge in [-0.2, -0.15) is 13.2 Å². The van der Waals surface area contributed by atoms with Crippen LogP contribution < -0.4 is 0 Å². The van der Waals surface area contributed by atoms with Gasteiger partial charge in [0.2, 0.25) is 5.67 Å². The Bertz CT molecular complexity index is 210. The average Bonchev–Trinajstić information content (AvgIpc) is 2.02. The second-order valence-corrected chi connectivity index (χ2v) is 3.14. The van der Waals surface area contributed by atoms with E-state index < -0.39 is 23.9 Å². The SMILES string of the molecule is CCC(C)(F)C(=O)OC(C)C(F)(F)F. The molecule has 0 aliphatic carbocycles. The highest BCUT2D eigenvalue weighted by atomic mass is 19.4. The van der Waals surface area contributed by atoms with E-state index in [4.69, 9.17) is 0 Å². The molecular weight excluding hydrogens is 204 g/mol. The van der Waals surface area contributed by atoms with Crippen molar-refractivity contribution >= 4 is 5.97 Å². The van der Waals surface area contributed by atoms with Gasteiger partial charge < -0.3 is 4.74 Å². The summed E-state index contributed by atoms with van der Waals surface area (Å²) < 4.78 is 52.8. The summed E-state index contributed by atoms with van der Waals surface area (Å²) in [6.07, 6.45) is -7.16. The van der Waals surface area contributed by atoms with E-state index in [1.165, 1.54) is 6.92 Å². The monoisotopic (exact) mass is 216 g/mol. The van der Waals surface area contributed by atoms with Crippen LogP contribution in [0.3, 0.4) is 0 Å². The number of carbonyl (C=O) groups is 1. The van der Waals surface area contributed by atoms with Crippen LogP contribution in [0.15, 0.2) is 0 Å². The second kappa shape index (κ2) is 4.14. The molecule has 0 aromatic carbocycles. The zero-order valence-corrected chi connectivity index (χ0v) is 8.11. The van der Waals surface area contributed by atoms with Gasteiger partial charge in [0.25, 0.3) is 0 Å². The van der Waals surface area contributed by atoms with Crippen LogP contribution >= 0.6 is 0 Å². The second-order valence-electron chi connectivity index (χ2n) is 3.14. The van der Waals surface area contributed by atoms with Gasteiger partial charge in [0, 0.05) is 0 Å². The van der Waals surface area contributed by atoms with Gasteiger partial charge in [-0.1, -0.05) is 6.92 Å².